The van der Waals surface area contributed by atoms with Crippen molar-refractivity contribution in [2.24, 2.45) is 0 Å². The molecule has 0 N–H and O–H groups in total. The van der Waals surface area contributed by atoms with Crippen LogP contribution in [0.25, 0.3) is 10.9 Å². The number of hydrogen-bond acceptors (Lipinski definition) is 4. The number of hydrogen-bond donors (Lipinski definition) is 0. The molecule has 1 aromatic carbocycles. The predicted molar refractivity (Wildman–Crippen MR) is 69.5 cm³/mol. The van der Waals surface area contributed by atoms with E-state index in [0.29, 0.717) is 34.8 Å². The summed E-state index contributed by atoms with van der Waals surface area (Å²) in [4.78, 5) is 16.7. The SMILES string of the molecule is CCn1c(C)nc2cc(OC)c(OC)cc2c1=O. The van der Waals surface area contributed by atoms with Gasteiger partial charge in [0.25, 0.3) is 5.56 Å². The first-order valence-corrected chi connectivity index (χ1v) is 5.75. The van der Waals surface area contributed by atoms with Crippen LogP contribution in [0.5, 0.6) is 11.5 Å². The first-order chi connectivity index (χ1) is 8.62. The predicted octanol–water partition coefficient (Wildman–Crippen LogP) is 1.74. The molecule has 0 saturated heterocycles. The fourth-order valence-electron chi connectivity index (χ4n) is 2.03. The minimum absolute atomic E-state index is 0.0547. The van der Waals surface area contributed by atoms with Gasteiger partial charge in [0, 0.05) is 12.6 Å². The van der Waals surface area contributed by atoms with Gasteiger partial charge in [-0.15, -0.1) is 0 Å². The highest BCUT2D eigenvalue weighted by Gasteiger charge is 2.12. The summed E-state index contributed by atoms with van der Waals surface area (Å²) in [5, 5.41) is 0.542. The van der Waals surface area contributed by atoms with Crippen molar-refractivity contribution in [1.29, 1.82) is 0 Å². The lowest BCUT2D eigenvalue weighted by Gasteiger charge is -2.11. The Hall–Kier alpha value is -2.04. The molecule has 0 aliphatic carbocycles. The molecule has 18 heavy (non-hydrogen) atoms. The van der Waals surface area contributed by atoms with E-state index in [4.69, 9.17) is 9.47 Å². The molecule has 5 heteroatoms. The molecular formula is C13H16N2O3. The van der Waals surface area contributed by atoms with Crippen molar-refractivity contribution >= 4 is 10.9 Å². The molecule has 2 aromatic rings. The molecule has 1 aromatic heterocycles. The van der Waals surface area contributed by atoms with E-state index in [-0.39, 0.29) is 5.56 Å². The van der Waals surface area contributed by atoms with Crippen LogP contribution in [0.2, 0.25) is 0 Å². The third-order valence-electron chi connectivity index (χ3n) is 2.97. The van der Waals surface area contributed by atoms with Crippen molar-refractivity contribution in [3.8, 4) is 11.5 Å². The summed E-state index contributed by atoms with van der Waals surface area (Å²) >= 11 is 0. The van der Waals surface area contributed by atoms with Gasteiger partial charge < -0.3 is 9.47 Å². The second-order valence-electron chi connectivity index (χ2n) is 3.93. The average molecular weight is 248 g/mol. The Morgan fingerprint density at radius 1 is 1.22 bits per heavy atom. The molecule has 5 nitrogen and oxygen atoms in total. The fourth-order valence-corrected chi connectivity index (χ4v) is 2.03. The summed E-state index contributed by atoms with van der Waals surface area (Å²) in [6.45, 7) is 4.34. The van der Waals surface area contributed by atoms with Gasteiger partial charge in [0.15, 0.2) is 11.5 Å². The molecule has 0 radical (unpaired) electrons. The van der Waals surface area contributed by atoms with Crippen LogP contribution in [0.3, 0.4) is 0 Å². The molecule has 2 rings (SSSR count). The van der Waals surface area contributed by atoms with Crippen molar-refractivity contribution in [3.05, 3.63) is 28.3 Å². The van der Waals surface area contributed by atoms with E-state index in [1.807, 2.05) is 13.8 Å². The molecule has 0 atom stereocenters. The molecule has 1 heterocycles. The first-order valence-electron chi connectivity index (χ1n) is 5.75. The molecule has 0 unspecified atom stereocenters. The van der Waals surface area contributed by atoms with Gasteiger partial charge in [-0.2, -0.15) is 0 Å². The molecule has 0 saturated carbocycles. The average Bonchev–Trinajstić information content (AvgIpc) is 2.37. The van der Waals surface area contributed by atoms with Gasteiger partial charge in [-0.3, -0.25) is 9.36 Å². The molecule has 0 spiro atoms. The Morgan fingerprint density at radius 3 is 2.39 bits per heavy atom. The highest BCUT2D eigenvalue weighted by molar-refractivity contribution is 5.81. The lowest BCUT2D eigenvalue weighted by atomic mass is 10.2. The van der Waals surface area contributed by atoms with Crippen molar-refractivity contribution in [2.45, 2.75) is 20.4 Å². The molecule has 0 fully saturated rings. The Morgan fingerprint density at radius 2 is 1.83 bits per heavy atom. The number of methoxy groups -OCH3 is 2. The van der Waals surface area contributed by atoms with Gasteiger partial charge in [-0.1, -0.05) is 0 Å². The number of rotatable bonds is 3. The summed E-state index contributed by atoms with van der Waals surface area (Å²) in [6, 6.07) is 3.40. The van der Waals surface area contributed by atoms with E-state index < -0.39 is 0 Å². The van der Waals surface area contributed by atoms with E-state index in [9.17, 15) is 4.79 Å². The van der Waals surface area contributed by atoms with Crippen LogP contribution < -0.4 is 15.0 Å². The lowest BCUT2D eigenvalue weighted by molar-refractivity contribution is 0.355. The van der Waals surface area contributed by atoms with Crippen LogP contribution in [-0.2, 0) is 6.54 Å². The normalized spacial score (nSPS) is 10.7. The Balaban J connectivity index is 2.85. The molecule has 0 bridgehead atoms. The zero-order chi connectivity index (χ0) is 13.3. The number of ether oxygens (including phenoxy) is 2. The van der Waals surface area contributed by atoms with E-state index in [0.717, 1.165) is 0 Å². The lowest BCUT2D eigenvalue weighted by Crippen LogP contribution is -2.23. The third-order valence-corrected chi connectivity index (χ3v) is 2.97. The van der Waals surface area contributed by atoms with E-state index in [2.05, 4.69) is 4.98 Å². The largest absolute Gasteiger partial charge is 0.493 e. The van der Waals surface area contributed by atoms with Crippen LogP contribution in [0.15, 0.2) is 16.9 Å². The van der Waals surface area contributed by atoms with Crippen LogP contribution in [0, 0.1) is 6.92 Å². The second kappa shape index (κ2) is 4.68. The smallest absolute Gasteiger partial charge is 0.261 e. The molecule has 0 aliphatic rings. The number of fused-ring (bicyclic) bond motifs is 1. The number of aryl methyl sites for hydroxylation is 1. The summed E-state index contributed by atoms with van der Waals surface area (Å²) in [7, 11) is 3.10. The molecule has 0 aliphatic heterocycles. The van der Waals surface area contributed by atoms with Gasteiger partial charge in [0.2, 0.25) is 0 Å². The zero-order valence-corrected chi connectivity index (χ0v) is 11.0. The third kappa shape index (κ3) is 1.81. The Bertz CT molecular complexity index is 647. The maximum atomic E-state index is 12.3. The standard InChI is InChI=1S/C13H16N2O3/c1-5-15-8(2)14-10-7-12(18-4)11(17-3)6-9(10)13(15)16/h6-7H,5H2,1-4H3. The minimum atomic E-state index is -0.0547. The van der Waals surface area contributed by atoms with E-state index in [1.54, 1.807) is 30.9 Å². The van der Waals surface area contributed by atoms with Gasteiger partial charge in [0.1, 0.15) is 5.82 Å². The Labute approximate surface area is 105 Å². The van der Waals surface area contributed by atoms with Crippen molar-refractivity contribution in [2.75, 3.05) is 14.2 Å². The zero-order valence-electron chi connectivity index (χ0n) is 11.0. The van der Waals surface area contributed by atoms with Gasteiger partial charge >= 0.3 is 0 Å². The van der Waals surface area contributed by atoms with Gasteiger partial charge in [-0.05, 0) is 19.9 Å². The van der Waals surface area contributed by atoms with Gasteiger partial charge in [-0.25, -0.2) is 4.98 Å². The molecule has 0 amide bonds. The van der Waals surface area contributed by atoms with Crippen molar-refractivity contribution in [3.63, 3.8) is 0 Å². The highest BCUT2D eigenvalue weighted by Crippen LogP contribution is 2.30. The monoisotopic (exact) mass is 248 g/mol. The van der Waals surface area contributed by atoms with Crippen LogP contribution in [0.4, 0.5) is 0 Å². The maximum Gasteiger partial charge on any atom is 0.261 e. The molecule has 96 valence electrons. The topological polar surface area (TPSA) is 53.4 Å². The Kier molecular flexibility index (Phi) is 3.23. The second-order valence-corrected chi connectivity index (χ2v) is 3.93. The fraction of sp³-hybridized carbons (Fsp3) is 0.385. The quantitative estimate of drug-likeness (QED) is 0.830. The number of aromatic nitrogens is 2. The van der Waals surface area contributed by atoms with Crippen LogP contribution in [0.1, 0.15) is 12.7 Å². The minimum Gasteiger partial charge on any atom is -0.493 e. The van der Waals surface area contributed by atoms with Crippen LogP contribution >= 0.6 is 0 Å². The number of benzene rings is 1. The number of nitrogens with zero attached hydrogens (tertiary/aromatic N) is 2. The van der Waals surface area contributed by atoms with E-state index in [1.165, 1.54) is 0 Å². The highest BCUT2D eigenvalue weighted by atomic mass is 16.5. The maximum absolute atomic E-state index is 12.3. The summed E-state index contributed by atoms with van der Waals surface area (Å²) in [5.74, 6) is 1.81. The van der Waals surface area contributed by atoms with Crippen molar-refractivity contribution < 1.29 is 9.47 Å². The van der Waals surface area contributed by atoms with E-state index >= 15 is 0 Å². The van der Waals surface area contributed by atoms with Crippen LogP contribution in [-0.4, -0.2) is 23.8 Å². The summed E-state index contributed by atoms with van der Waals surface area (Å²) in [5.41, 5.74) is 0.570. The van der Waals surface area contributed by atoms with Gasteiger partial charge in [0.05, 0.1) is 25.1 Å². The molecular weight excluding hydrogens is 232 g/mol. The van der Waals surface area contributed by atoms with Crippen molar-refractivity contribution in [1.82, 2.24) is 9.55 Å². The summed E-state index contributed by atoms with van der Waals surface area (Å²) in [6.07, 6.45) is 0. The summed E-state index contributed by atoms with van der Waals surface area (Å²) < 4.78 is 12.0. The first kappa shape index (κ1) is 12.4.